The van der Waals surface area contributed by atoms with Crippen molar-refractivity contribution in [2.24, 2.45) is 0 Å². The van der Waals surface area contributed by atoms with Crippen molar-refractivity contribution in [2.75, 3.05) is 25.5 Å². The van der Waals surface area contributed by atoms with Crippen molar-refractivity contribution in [1.82, 2.24) is 9.88 Å². The van der Waals surface area contributed by atoms with E-state index in [2.05, 4.69) is 24.1 Å². The zero-order chi connectivity index (χ0) is 13.4. The highest BCUT2D eigenvalue weighted by atomic mass is 16.2. The third-order valence-electron chi connectivity index (χ3n) is 2.75. The molecule has 18 heavy (non-hydrogen) atoms. The lowest BCUT2D eigenvalue weighted by Crippen LogP contribution is -2.28. The molecule has 0 aliphatic rings. The second-order valence-electron chi connectivity index (χ2n) is 4.44. The van der Waals surface area contributed by atoms with Crippen molar-refractivity contribution in [2.45, 2.75) is 33.1 Å². The van der Waals surface area contributed by atoms with E-state index >= 15 is 0 Å². The van der Waals surface area contributed by atoms with Crippen LogP contribution < -0.4 is 5.32 Å². The average Bonchev–Trinajstić information content (AvgIpc) is 2.42. The Kier molecular flexibility index (Phi) is 6.19. The van der Waals surface area contributed by atoms with E-state index in [0.29, 0.717) is 5.69 Å². The maximum absolute atomic E-state index is 12.1. The molecule has 1 N–H and O–H groups in total. The van der Waals surface area contributed by atoms with Crippen LogP contribution >= 0.6 is 0 Å². The quantitative estimate of drug-likeness (QED) is 0.808. The second-order valence-corrected chi connectivity index (χ2v) is 4.44. The Hall–Kier alpha value is -1.58. The maximum Gasteiger partial charge on any atom is 0.272 e. The fourth-order valence-corrected chi connectivity index (χ4v) is 1.62. The molecule has 0 atom stereocenters. The van der Waals surface area contributed by atoms with Gasteiger partial charge in [-0.15, -0.1) is 0 Å². The molecule has 100 valence electrons. The molecule has 0 radical (unpaired) electrons. The number of unbranched alkanes of at least 4 members (excludes halogenated alkanes) is 1. The number of pyridine rings is 1. The molecule has 0 unspecified atom stereocenters. The average molecular weight is 249 g/mol. The molecular formula is C14H23N3O. The van der Waals surface area contributed by atoms with Gasteiger partial charge in [-0.05, 0) is 25.0 Å². The van der Waals surface area contributed by atoms with Gasteiger partial charge in [0.1, 0.15) is 5.69 Å². The summed E-state index contributed by atoms with van der Waals surface area (Å²) in [5, 5.41) is 3.26. The van der Waals surface area contributed by atoms with Gasteiger partial charge in [-0.25, -0.2) is 0 Å². The van der Waals surface area contributed by atoms with E-state index in [-0.39, 0.29) is 5.91 Å². The Labute approximate surface area is 109 Å². The smallest absolute Gasteiger partial charge is 0.272 e. The summed E-state index contributed by atoms with van der Waals surface area (Å²) >= 11 is 0. The highest BCUT2D eigenvalue weighted by Gasteiger charge is 2.12. The number of rotatable bonds is 7. The Morgan fingerprint density at radius 3 is 2.83 bits per heavy atom. The molecule has 4 nitrogen and oxygen atoms in total. The van der Waals surface area contributed by atoms with Crippen LogP contribution in [0.2, 0.25) is 0 Å². The van der Waals surface area contributed by atoms with E-state index in [1.54, 1.807) is 11.1 Å². The summed E-state index contributed by atoms with van der Waals surface area (Å²) < 4.78 is 0. The van der Waals surface area contributed by atoms with Crippen LogP contribution in [0, 0.1) is 0 Å². The van der Waals surface area contributed by atoms with Crippen LogP contribution in [0.3, 0.4) is 0 Å². The van der Waals surface area contributed by atoms with Gasteiger partial charge < -0.3 is 10.2 Å². The molecule has 0 aromatic carbocycles. The van der Waals surface area contributed by atoms with E-state index in [1.807, 2.05) is 19.2 Å². The molecule has 0 saturated heterocycles. The summed E-state index contributed by atoms with van der Waals surface area (Å²) in [6, 6.07) is 3.71. The minimum Gasteiger partial charge on any atom is -0.385 e. The summed E-state index contributed by atoms with van der Waals surface area (Å²) in [6.45, 7) is 5.91. The third-order valence-corrected chi connectivity index (χ3v) is 2.75. The SMILES string of the molecule is CCCCN(C)C(=O)c1cc(NCCC)ccn1. The minimum atomic E-state index is -0.0106. The highest BCUT2D eigenvalue weighted by molar-refractivity contribution is 5.92. The van der Waals surface area contributed by atoms with Gasteiger partial charge in [-0.2, -0.15) is 0 Å². The van der Waals surface area contributed by atoms with Gasteiger partial charge in [0.05, 0.1) is 0 Å². The van der Waals surface area contributed by atoms with Crippen LogP contribution in [0.15, 0.2) is 18.3 Å². The van der Waals surface area contributed by atoms with Gasteiger partial charge in [0.15, 0.2) is 0 Å². The fraction of sp³-hybridized carbons (Fsp3) is 0.571. The van der Waals surface area contributed by atoms with Crippen molar-refractivity contribution in [3.05, 3.63) is 24.0 Å². The molecule has 1 aromatic heterocycles. The molecule has 0 spiro atoms. The molecule has 0 aliphatic carbocycles. The fourth-order valence-electron chi connectivity index (χ4n) is 1.62. The molecule has 1 aromatic rings. The van der Waals surface area contributed by atoms with Gasteiger partial charge in [-0.3, -0.25) is 9.78 Å². The van der Waals surface area contributed by atoms with E-state index in [0.717, 1.165) is 38.0 Å². The summed E-state index contributed by atoms with van der Waals surface area (Å²) in [4.78, 5) is 18.0. The lowest BCUT2D eigenvalue weighted by Gasteiger charge is -2.16. The Morgan fingerprint density at radius 2 is 2.17 bits per heavy atom. The second kappa shape index (κ2) is 7.69. The Bertz CT molecular complexity index is 379. The maximum atomic E-state index is 12.1. The Morgan fingerprint density at radius 1 is 1.39 bits per heavy atom. The first-order valence-corrected chi connectivity index (χ1v) is 6.64. The van der Waals surface area contributed by atoms with Gasteiger partial charge in [0.25, 0.3) is 5.91 Å². The normalized spacial score (nSPS) is 10.2. The summed E-state index contributed by atoms with van der Waals surface area (Å²) in [5.74, 6) is -0.0106. The lowest BCUT2D eigenvalue weighted by molar-refractivity contribution is 0.0787. The number of amides is 1. The first-order chi connectivity index (χ1) is 8.69. The van der Waals surface area contributed by atoms with Crippen LogP contribution in [-0.4, -0.2) is 35.9 Å². The van der Waals surface area contributed by atoms with Crippen molar-refractivity contribution in [3.8, 4) is 0 Å². The number of nitrogens with one attached hydrogen (secondary N) is 1. The first kappa shape index (κ1) is 14.5. The van der Waals surface area contributed by atoms with Gasteiger partial charge in [0, 0.05) is 32.0 Å². The number of aromatic nitrogens is 1. The number of hydrogen-bond donors (Lipinski definition) is 1. The van der Waals surface area contributed by atoms with Crippen LogP contribution in [0.1, 0.15) is 43.6 Å². The van der Waals surface area contributed by atoms with Crippen molar-refractivity contribution in [3.63, 3.8) is 0 Å². The predicted octanol–water partition coefficient (Wildman–Crippen LogP) is 2.78. The van der Waals surface area contributed by atoms with Crippen LogP contribution in [0.25, 0.3) is 0 Å². The predicted molar refractivity (Wildman–Crippen MR) is 74.9 cm³/mol. The zero-order valence-electron chi connectivity index (χ0n) is 11.6. The van der Waals surface area contributed by atoms with E-state index < -0.39 is 0 Å². The molecule has 0 fully saturated rings. The van der Waals surface area contributed by atoms with Gasteiger partial charge in [-0.1, -0.05) is 20.3 Å². The van der Waals surface area contributed by atoms with Crippen molar-refractivity contribution < 1.29 is 4.79 Å². The number of carbonyl (C=O) groups excluding carboxylic acids is 1. The Balaban J connectivity index is 2.67. The number of hydrogen-bond acceptors (Lipinski definition) is 3. The highest BCUT2D eigenvalue weighted by Crippen LogP contribution is 2.10. The van der Waals surface area contributed by atoms with Crippen LogP contribution in [0.4, 0.5) is 5.69 Å². The molecule has 0 saturated carbocycles. The van der Waals surface area contributed by atoms with Gasteiger partial charge in [0.2, 0.25) is 0 Å². The molecule has 1 amide bonds. The molecule has 1 rings (SSSR count). The molecular weight excluding hydrogens is 226 g/mol. The van der Waals surface area contributed by atoms with Crippen molar-refractivity contribution >= 4 is 11.6 Å². The lowest BCUT2D eigenvalue weighted by atomic mass is 10.2. The van der Waals surface area contributed by atoms with Gasteiger partial charge >= 0.3 is 0 Å². The van der Waals surface area contributed by atoms with E-state index in [4.69, 9.17) is 0 Å². The minimum absolute atomic E-state index is 0.0106. The number of nitrogens with zero attached hydrogens (tertiary/aromatic N) is 2. The van der Waals surface area contributed by atoms with E-state index in [9.17, 15) is 4.79 Å². The first-order valence-electron chi connectivity index (χ1n) is 6.64. The largest absolute Gasteiger partial charge is 0.385 e. The monoisotopic (exact) mass is 249 g/mol. The molecule has 0 aliphatic heterocycles. The summed E-state index contributed by atoms with van der Waals surface area (Å²) in [6.07, 6.45) is 4.85. The molecule has 4 heteroatoms. The number of carbonyl (C=O) groups is 1. The third kappa shape index (κ3) is 4.35. The van der Waals surface area contributed by atoms with Crippen LogP contribution in [-0.2, 0) is 0 Å². The molecule has 0 bridgehead atoms. The topological polar surface area (TPSA) is 45.2 Å². The zero-order valence-corrected chi connectivity index (χ0v) is 11.6. The van der Waals surface area contributed by atoms with E-state index in [1.165, 1.54) is 0 Å². The summed E-state index contributed by atoms with van der Waals surface area (Å²) in [5.41, 5.74) is 1.47. The number of anilines is 1. The van der Waals surface area contributed by atoms with Crippen molar-refractivity contribution in [1.29, 1.82) is 0 Å². The summed E-state index contributed by atoms with van der Waals surface area (Å²) in [7, 11) is 1.83. The molecule has 1 heterocycles. The standard InChI is InChI=1S/C14H23N3O/c1-4-6-10-17(3)14(18)13-11-12(7-9-16-13)15-8-5-2/h7,9,11H,4-6,8,10H2,1-3H3,(H,15,16). The van der Waals surface area contributed by atoms with Crippen LogP contribution in [0.5, 0.6) is 0 Å².